The minimum Gasteiger partial charge on any atom is -0.444 e. The number of carbonyl (C=O) groups is 2. The Morgan fingerprint density at radius 2 is 1.83 bits per heavy atom. The van der Waals surface area contributed by atoms with Crippen LogP contribution in [0.15, 0.2) is 0 Å². The van der Waals surface area contributed by atoms with Crippen LogP contribution >= 0.6 is 0 Å². The molecular weight excluding hydrogens is 236 g/mol. The Morgan fingerprint density at radius 3 is 2.33 bits per heavy atom. The number of carbonyl (C=O) groups excluding carboxylic acids is 2. The van der Waals surface area contributed by atoms with E-state index in [1.807, 2.05) is 0 Å². The first-order chi connectivity index (χ1) is 8.26. The molecule has 0 saturated heterocycles. The van der Waals surface area contributed by atoms with Gasteiger partial charge in [-0.3, -0.25) is 4.79 Å². The Balaban J connectivity index is 3.77. The topological polar surface area (TPSA) is 76.7 Å². The summed E-state index contributed by atoms with van der Waals surface area (Å²) in [5.41, 5.74) is -0.508. The van der Waals surface area contributed by atoms with Gasteiger partial charge in [-0.05, 0) is 27.2 Å². The van der Waals surface area contributed by atoms with E-state index in [2.05, 4.69) is 10.6 Å². The molecule has 106 valence electrons. The van der Waals surface area contributed by atoms with Gasteiger partial charge in [0.1, 0.15) is 12.3 Å². The average Bonchev–Trinajstić information content (AvgIpc) is 2.23. The van der Waals surface area contributed by atoms with Crippen molar-refractivity contribution < 1.29 is 19.1 Å². The molecule has 2 N–H and O–H groups in total. The van der Waals surface area contributed by atoms with Crippen LogP contribution in [0.5, 0.6) is 0 Å². The maximum atomic E-state index is 11.5. The van der Waals surface area contributed by atoms with Crippen molar-refractivity contribution in [3.63, 3.8) is 0 Å². The molecule has 0 spiro atoms. The molecule has 0 aliphatic heterocycles. The monoisotopic (exact) mass is 260 g/mol. The van der Waals surface area contributed by atoms with Gasteiger partial charge in [0.25, 0.3) is 0 Å². The van der Waals surface area contributed by atoms with Crippen LogP contribution in [0.1, 0.15) is 34.1 Å². The first kappa shape index (κ1) is 16.7. The van der Waals surface area contributed by atoms with Crippen molar-refractivity contribution in [1.82, 2.24) is 10.6 Å². The maximum Gasteiger partial charge on any atom is 0.407 e. The van der Waals surface area contributed by atoms with Crippen molar-refractivity contribution in [2.45, 2.75) is 39.7 Å². The van der Waals surface area contributed by atoms with E-state index in [0.717, 1.165) is 0 Å². The van der Waals surface area contributed by atoms with Gasteiger partial charge in [-0.1, -0.05) is 6.92 Å². The number of rotatable bonds is 6. The predicted octanol–water partition coefficient (Wildman–Crippen LogP) is 1.26. The summed E-state index contributed by atoms with van der Waals surface area (Å²) >= 11 is 0. The molecule has 0 aliphatic carbocycles. The molecule has 0 fully saturated rings. The average molecular weight is 260 g/mol. The summed E-state index contributed by atoms with van der Waals surface area (Å²) in [5.74, 6) is -0.280. The van der Waals surface area contributed by atoms with E-state index in [1.165, 1.54) is 7.11 Å². The normalized spacial score (nSPS) is 12.7. The first-order valence-corrected chi connectivity index (χ1v) is 5.99. The highest BCUT2D eigenvalue weighted by atomic mass is 16.6. The van der Waals surface area contributed by atoms with Gasteiger partial charge >= 0.3 is 6.09 Å². The number of hydrogen-bond donors (Lipinski definition) is 2. The van der Waals surface area contributed by atoms with E-state index < -0.39 is 11.7 Å². The van der Waals surface area contributed by atoms with Crippen LogP contribution in [0.2, 0.25) is 0 Å². The molecule has 18 heavy (non-hydrogen) atoms. The van der Waals surface area contributed by atoms with Gasteiger partial charge in [0.15, 0.2) is 0 Å². The van der Waals surface area contributed by atoms with E-state index in [-0.39, 0.29) is 18.6 Å². The van der Waals surface area contributed by atoms with Gasteiger partial charge < -0.3 is 20.1 Å². The summed E-state index contributed by atoms with van der Waals surface area (Å²) in [6.45, 7) is 7.79. The van der Waals surface area contributed by atoms with Crippen LogP contribution in [0.4, 0.5) is 4.79 Å². The molecule has 0 aliphatic rings. The number of methoxy groups -OCH3 is 1. The van der Waals surface area contributed by atoms with Crippen molar-refractivity contribution in [2.24, 2.45) is 5.92 Å². The van der Waals surface area contributed by atoms with E-state index >= 15 is 0 Å². The molecule has 2 amide bonds. The lowest BCUT2D eigenvalue weighted by atomic mass is 10.1. The number of ether oxygens (including phenoxy) is 2. The number of amides is 2. The lowest BCUT2D eigenvalue weighted by Gasteiger charge is -2.20. The van der Waals surface area contributed by atoms with Gasteiger partial charge in [-0.25, -0.2) is 4.79 Å². The van der Waals surface area contributed by atoms with Crippen LogP contribution in [0.3, 0.4) is 0 Å². The maximum absolute atomic E-state index is 11.5. The highest BCUT2D eigenvalue weighted by Crippen LogP contribution is 2.06. The third-order valence-electron chi connectivity index (χ3n) is 2.08. The lowest BCUT2D eigenvalue weighted by Crippen LogP contribution is -2.36. The van der Waals surface area contributed by atoms with Gasteiger partial charge in [0.2, 0.25) is 5.91 Å². The third-order valence-corrected chi connectivity index (χ3v) is 2.08. The van der Waals surface area contributed by atoms with E-state index in [9.17, 15) is 9.59 Å². The first-order valence-electron chi connectivity index (χ1n) is 5.99. The van der Waals surface area contributed by atoms with Gasteiger partial charge in [-0.15, -0.1) is 0 Å². The van der Waals surface area contributed by atoms with Crippen molar-refractivity contribution in [1.29, 1.82) is 0 Å². The highest BCUT2D eigenvalue weighted by molar-refractivity contribution is 5.78. The zero-order valence-corrected chi connectivity index (χ0v) is 11.8. The van der Waals surface area contributed by atoms with Crippen LogP contribution in [0, 0.1) is 5.92 Å². The highest BCUT2D eigenvalue weighted by Gasteiger charge is 2.17. The number of hydrogen-bond acceptors (Lipinski definition) is 4. The lowest BCUT2D eigenvalue weighted by molar-refractivity contribution is -0.126. The summed E-state index contributed by atoms with van der Waals surface area (Å²) in [5, 5.41) is 5.21. The Bertz CT molecular complexity index is 274. The minimum atomic E-state index is -0.508. The molecule has 0 rings (SSSR count). The summed E-state index contributed by atoms with van der Waals surface area (Å²) in [7, 11) is 1.51. The smallest absolute Gasteiger partial charge is 0.407 e. The van der Waals surface area contributed by atoms with Crippen molar-refractivity contribution in [2.75, 3.05) is 20.4 Å². The number of alkyl carbamates (subject to hydrolysis) is 1. The van der Waals surface area contributed by atoms with Crippen LogP contribution in [0.25, 0.3) is 0 Å². The summed E-state index contributed by atoms with van der Waals surface area (Å²) in [6.07, 6.45) is 0.0846. The van der Waals surface area contributed by atoms with Crippen molar-refractivity contribution in [3.05, 3.63) is 0 Å². The molecule has 0 bridgehead atoms. The molecule has 0 heterocycles. The second-order valence-electron chi connectivity index (χ2n) is 5.09. The predicted molar refractivity (Wildman–Crippen MR) is 68.0 cm³/mol. The molecule has 0 saturated carbocycles. The molecule has 6 nitrogen and oxygen atoms in total. The van der Waals surface area contributed by atoms with Gasteiger partial charge in [-0.2, -0.15) is 0 Å². The quantitative estimate of drug-likeness (QED) is 0.705. The van der Waals surface area contributed by atoms with E-state index in [4.69, 9.17) is 9.47 Å². The fourth-order valence-corrected chi connectivity index (χ4v) is 1.15. The molecule has 1 unspecified atom stereocenters. The second kappa shape index (κ2) is 7.92. The standard InChI is InChI=1S/C12H24N2O4/c1-9(10(15)14-8-17-5)6-7-13-11(16)18-12(2,3)4/h9H,6-8H2,1-5H3,(H,13,16)(H,14,15). The fraction of sp³-hybridized carbons (Fsp3) is 0.833. The minimum absolute atomic E-state index is 0.0946. The molecule has 0 aromatic heterocycles. The molecule has 0 radical (unpaired) electrons. The zero-order chi connectivity index (χ0) is 14.2. The molecule has 0 aromatic carbocycles. The Hall–Kier alpha value is -1.30. The molecular formula is C12H24N2O4. The van der Waals surface area contributed by atoms with Crippen LogP contribution in [-0.4, -0.2) is 38.0 Å². The molecule has 1 atom stereocenters. The van der Waals surface area contributed by atoms with Crippen molar-refractivity contribution in [3.8, 4) is 0 Å². The summed E-state index contributed by atoms with van der Waals surface area (Å²) in [6, 6.07) is 0. The fourth-order valence-electron chi connectivity index (χ4n) is 1.15. The van der Waals surface area contributed by atoms with Crippen LogP contribution in [-0.2, 0) is 14.3 Å². The summed E-state index contributed by atoms with van der Waals surface area (Å²) in [4.78, 5) is 22.8. The Morgan fingerprint density at radius 1 is 1.22 bits per heavy atom. The van der Waals surface area contributed by atoms with E-state index in [1.54, 1.807) is 27.7 Å². The molecule has 0 aromatic rings. The number of nitrogens with one attached hydrogen (secondary N) is 2. The SMILES string of the molecule is COCNC(=O)C(C)CCNC(=O)OC(C)(C)C. The Kier molecular flexibility index (Phi) is 7.35. The largest absolute Gasteiger partial charge is 0.444 e. The van der Waals surface area contributed by atoms with Crippen LogP contribution < -0.4 is 10.6 Å². The second-order valence-corrected chi connectivity index (χ2v) is 5.09. The molecule has 6 heteroatoms. The zero-order valence-electron chi connectivity index (χ0n) is 11.8. The van der Waals surface area contributed by atoms with Gasteiger partial charge in [0, 0.05) is 19.6 Å². The van der Waals surface area contributed by atoms with Gasteiger partial charge in [0.05, 0.1) is 0 Å². The Labute approximate surface area is 108 Å². The third kappa shape index (κ3) is 8.81. The van der Waals surface area contributed by atoms with Crippen molar-refractivity contribution >= 4 is 12.0 Å². The van der Waals surface area contributed by atoms with E-state index in [0.29, 0.717) is 13.0 Å². The summed E-state index contributed by atoms with van der Waals surface area (Å²) < 4.78 is 9.81.